The van der Waals surface area contributed by atoms with Crippen molar-refractivity contribution >= 4 is 27.3 Å². The lowest BCUT2D eigenvalue weighted by Gasteiger charge is -2.20. The molecule has 2 bridgehead atoms. The third-order valence-electron chi connectivity index (χ3n) is 3.77. The second kappa shape index (κ2) is 4.77. The number of rotatable bonds is 4. The highest BCUT2D eigenvalue weighted by Crippen LogP contribution is 2.32. The molecule has 2 aliphatic rings. The Morgan fingerprint density at radius 1 is 1.44 bits per heavy atom. The summed E-state index contributed by atoms with van der Waals surface area (Å²) in [7, 11) is 0. The van der Waals surface area contributed by atoms with E-state index in [9.17, 15) is 0 Å². The van der Waals surface area contributed by atoms with Crippen LogP contribution in [0.3, 0.4) is 0 Å². The number of nitrogens with one attached hydrogen (secondary N) is 2. The van der Waals surface area contributed by atoms with Crippen molar-refractivity contribution in [3.05, 3.63) is 20.8 Å². The summed E-state index contributed by atoms with van der Waals surface area (Å²) < 4.78 is 1.23. The van der Waals surface area contributed by atoms with Gasteiger partial charge in [0, 0.05) is 23.5 Å². The Kier molecular flexibility index (Phi) is 3.34. The molecular weight excluding hydrogens is 284 g/mol. The molecule has 0 aromatic carbocycles. The average molecular weight is 301 g/mol. The maximum atomic E-state index is 3.69. The molecule has 2 nitrogen and oxygen atoms in total. The summed E-state index contributed by atoms with van der Waals surface area (Å²) >= 11 is 5.32. The first-order valence-corrected chi connectivity index (χ1v) is 7.63. The second-order valence-electron chi connectivity index (χ2n) is 4.88. The van der Waals surface area contributed by atoms with Gasteiger partial charge in [-0.25, -0.2) is 0 Å². The van der Waals surface area contributed by atoms with E-state index in [1.807, 2.05) is 11.3 Å². The fourth-order valence-corrected chi connectivity index (χ4v) is 4.44. The predicted molar refractivity (Wildman–Crippen MR) is 71.8 cm³/mol. The monoisotopic (exact) mass is 300 g/mol. The van der Waals surface area contributed by atoms with Gasteiger partial charge in [-0.2, -0.15) is 0 Å². The van der Waals surface area contributed by atoms with E-state index >= 15 is 0 Å². The molecule has 0 amide bonds. The maximum absolute atomic E-state index is 3.69. The van der Waals surface area contributed by atoms with Crippen molar-refractivity contribution in [3.63, 3.8) is 0 Å². The minimum Gasteiger partial charge on any atom is -0.312 e. The van der Waals surface area contributed by atoms with Crippen LogP contribution < -0.4 is 10.6 Å². The molecule has 0 aliphatic carbocycles. The van der Waals surface area contributed by atoms with Crippen LogP contribution >= 0.6 is 27.3 Å². The molecule has 1 aromatic rings. The van der Waals surface area contributed by atoms with Gasteiger partial charge in [0.1, 0.15) is 0 Å². The zero-order valence-electron chi connectivity index (χ0n) is 9.21. The molecule has 3 rings (SSSR count). The Hall–Kier alpha value is 0.1000. The Balaban J connectivity index is 1.44. The second-order valence-corrected chi connectivity index (χ2v) is 7.43. The number of halogens is 1. The largest absolute Gasteiger partial charge is 0.312 e. The first-order chi connectivity index (χ1) is 7.81. The maximum Gasteiger partial charge on any atom is 0.0701 e. The summed E-state index contributed by atoms with van der Waals surface area (Å²) in [6, 6.07) is 5.95. The highest BCUT2D eigenvalue weighted by atomic mass is 79.9. The van der Waals surface area contributed by atoms with E-state index in [2.05, 4.69) is 38.7 Å². The molecule has 88 valence electrons. The molecule has 0 spiro atoms. The molecule has 3 heterocycles. The minimum absolute atomic E-state index is 0.799. The molecular formula is C12H17BrN2S. The van der Waals surface area contributed by atoms with Gasteiger partial charge in [-0.3, -0.25) is 0 Å². The molecule has 16 heavy (non-hydrogen) atoms. The normalized spacial score (nSPS) is 32.4. The smallest absolute Gasteiger partial charge is 0.0701 e. The van der Waals surface area contributed by atoms with E-state index in [1.54, 1.807) is 0 Å². The van der Waals surface area contributed by atoms with E-state index in [0.717, 1.165) is 24.5 Å². The lowest BCUT2D eigenvalue weighted by atomic mass is 9.89. The summed E-state index contributed by atoms with van der Waals surface area (Å²) in [5.41, 5.74) is 0. The van der Waals surface area contributed by atoms with Crippen molar-refractivity contribution in [2.24, 2.45) is 5.92 Å². The van der Waals surface area contributed by atoms with E-state index in [1.165, 1.54) is 34.5 Å². The minimum atomic E-state index is 0.799. The van der Waals surface area contributed by atoms with Crippen molar-refractivity contribution < 1.29 is 0 Å². The zero-order valence-corrected chi connectivity index (χ0v) is 11.6. The van der Waals surface area contributed by atoms with E-state index in [4.69, 9.17) is 0 Å². The molecule has 3 atom stereocenters. The van der Waals surface area contributed by atoms with E-state index < -0.39 is 0 Å². The molecule has 2 N–H and O–H groups in total. The lowest BCUT2D eigenvalue weighted by Crippen LogP contribution is -2.31. The lowest BCUT2D eigenvalue weighted by molar-refractivity contribution is 0.383. The predicted octanol–water partition coefficient (Wildman–Crippen LogP) is 2.74. The van der Waals surface area contributed by atoms with Crippen molar-refractivity contribution in [1.29, 1.82) is 0 Å². The SMILES string of the molecule is Brc1ccc(CNCC2CC3CCC2N3)s1. The standard InChI is InChI=1S/C12H17BrN2S/c13-12-4-2-10(16-12)7-14-6-8-5-9-1-3-11(8)15-9/h2,4,8-9,11,14-15H,1,3,5-7H2. The van der Waals surface area contributed by atoms with Crippen LogP contribution in [0.2, 0.25) is 0 Å². The first-order valence-electron chi connectivity index (χ1n) is 6.02. The van der Waals surface area contributed by atoms with Gasteiger partial charge in [0.25, 0.3) is 0 Å². The van der Waals surface area contributed by atoms with E-state index in [-0.39, 0.29) is 0 Å². The van der Waals surface area contributed by atoms with Crippen LogP contribution in [0.15, 0.2) is 15.9 Å². The molecule has 3 unspecified atom stereocenters. The fourth-order valence-electron chi connectivity index (χ4n) is 2.99. The van der Waals surface area contributed by atoms with Gasteiger partial charge >= 0.3 is 0 Å². The fraction of sp³-hybridized carbons (Fsp3) is 0.667. The van der Waals surface area contributed by atoms with Crippen LogP contribution in [0.1, 0.15) is 24.1 Å². The van der Waals surface area contributed by atoms with Crippen LogP contribution in [0.4, 0.5) is 0 Å². The topological polar surface area (TPSA) is 24.1 Å². The Morgan fingerprint density at radius 2 is 2.38 bits per heavy atom. The highest BCUT2D eigenvalue weighted by Gasteiger charge is 2.38. The van der Waals surface area contributed by atoms with Crippen LogP contribution in [0.25, 0.3) is 0 Å². The molecule has 2 saturated heterocycles. The summed E-state index contributed by atoms with van der Waals surface area (Å²) in [5, 5.41) is 7.28. The van der Waals surface area contributed by atoms with Crippen molar-refractivity contribution in [2.75, 3.05) is 6.54 Å². The van der Waals surface area contributed by atoms with Crippen LogP contribution in [0, 0.1) is 5.92 Å². The van der Waals surface area contributed by atoms with Gasteiger partial charge in [-0.15, -0.1) is 11.3 Å². The van der Waals surface area contributed by atoms with Crippen LogP contribution in [-0.4, -0.2) is 18.6 Å². The third-order valence-corrected chi connectivity index (χ3v) is 5.39. The number of fused-ring (bicyclic) bond motifs is 2. The highest BCUT2D eigenvalue weighted by molar-refractivity contribution is 9.11. The number of hydrogen-bond donors (Lipinski definition) is 2. The average Bonchev–Trinajstić information content (AvgIpc) is 2.94. The molecule has 4 heteroatoms. The molecule has 2 fully saturated rings. The molecule has 2 aliphatic heterocycles. The van der Waals surface area contributed by atoms with E-state index in [0.29, 0.717) is 0 Å². The Labute approximate surface area is 109 Å². The summed E-state index contributed by atoms with van der Waals surface area (Å²) in [4.78, 5) is 1.42. The molecule has 0 saturated carbocycles. The quantitative estimate of drug-likeness (QED) is 0.893. The number of thiophene rings is 1. The van der Waals surface area contributed by atoms with Gasteiger partial charge in [-0.05, 0) is 59.8 Å². The van der Waals surface area contributed by atoms with Crippen LogP contribution in [-0.2, 0) is 6.54 Å². The van der Waals surface area contributed by atoms with Gasteiger partial charge in [0.05, 0.1) is 3.79 Å². The van der Waals surface area contributed by atoms with Crippen molar-refractivity contribution in [2.45, 2.75) is 37.9 Å². The molecule has 1 aromatic heterocycles. The molecule has 0 radical (unpaired) electrons. The van der Waals surface area contributed by atoms with Gasteiger partial charge in [0.15, 0.2) is 0 Å². The van der Waals surface area contributed by atoms with Gasteiger partial charge < -0.3 is 10.6 Å². The first kappa shape index (κ1) is 11.2. The van der Waals surface area contributed by atoms with Crippen LogP contribution in [0.5, 0.6) is 0 Å². The zero-order chi connectivity index (χ0) is 11.0. The van der Waals surface area contributed by atoms with Crippen molar-refractivity contribution in [1.82, 2.24) is 10.6 Å². The Morgan fingerprint density at radius 3 is 3.00 bits per heavy atom. The Bertz CT molecular complexity index is 366. The van der Waals surface area contributed by atoms with Gasteiger partial charge in [0.2, 0.25) is 0 Å². The van der Waals surface area contributed by atoms with Crippen molar-refractivity contribution in [3.8, 4) is 0 Å². The number of hydrogen-bond acceptors (Lipinski definition) is 3. The summed E-state index contributed by atoms with van der Waals surface area (Å²) in [6.07, 6.45) is 4.17. The summed E-state index contributed by atoms with van der Waals surface area (Å²) in [6.45, 7) is 2.19. The third kappa shape index (κ3) is 2.35. The summed E-state index contributed by atoms with van der Waals surface area (Å²) in [5.74, 6) is 0.863. The van der Waals surface area contributed by atoms with Gasteiger partial charge in [-0.1, -0.05) is 0 Å².